The van der Waals surface area contributed by atoms with Crippen molar-refractivity contribution in [2.45, 2.75) is 6.54 Å². The predicted octanol–water partition coefficient (Wildman–Crippen LogP) is 8.46. The fraction of sp³-hybridized carbons (Fsp3) is 0.0303. The molecule has 0 aliphatic heterocycles. The summed E-state index contributed by atoms with van der Waals surface area (Å²) in [6, 6.07) is 42.8. The lowest BCUT2D eigenvalue weighted by molar-refractivity contribution is 1.06. The minimum Gasteiger partial charge on any atom is -0.261 e. The Morgan fingerprint density at radius 3 is 1.63 bits per heavy atom. The first-order valence-electron chi connectivity index (χ1n) is 11.8. The first-order valence-corrected chi connectivity index (χ1v) is 11.8. The van der Waals surface area contributed by atoms with Gasteiger partial charge in [0.2, 0.25) is 0 Å². The lowest BCUT2D eigenvalue weighted by Gasteiger charge is -2.12. The van der Waals surface area contributed by atoms with Gasteiger partial charge in [0.25, 0.3) is 0 Å². The molecule has 0 fully saturated rings. The number of amidine groups is 1. The van der Waals surface area contributed by atoms with Crippen LogP contribution in [0.2, 0.25) is 0 Å². The molecular weight excluding hydrogens is 424 g/mol. The van der Waals surface area contributed by atoms with E-state index in [-0.39, 0.29) is 0 Å². The highest BCUT2D eigenvalue weighted by Crippen LogP contribution is 2.37. The van der Waals surface area contributed by atoms with E-state index in [1.54, 1.807) is 0 Å². The Balaban J connectivity index is 1.40. The van der Waals surface area contributed by atoms with Crippen LogP contribution in [0.1, 0.15) is 11.1 Å². The summed E-state index contributed by atoms with van der Waals surface area (Å²) >= 11 is 0. The minimum absolute atomic E-state index is 0.586. The Labute approximate surface area is 204 Å². The molecule has 6 rings (SSSR count). The summed E-state index contributed by atoms with van der Waals surface area (Å²) in [7, 11) is 0. The average molecular weight is 449 g/mol. The molecule has 35 heavy (non-hydrogen) atoms. The van der Waals surface area contributed by atoms with Crippen molar-refractivity contribution in [3.05, 3.63) is 132 Å². The molecule has 0 bridgehead atoms. The van der Waals surface area contributed by atoms with Crippen molar-refractivity contribution in [3.8, 4) is 11.1 Å². The van der Waals surface area contributed by atoms with Crippen molar-refractivity contribution < 1.29 is 0 Å². The predicted molar refractivity (Wildman–Crippen MR) is 151 cm³/mol. The van der Waals surface area contributed by atoms with Gasteiger partial charge < -0.3 is 0 Å². The van der Waals surface area contributed by atoms with Gasteiger partial charge in [-0.05, 0) is 61.8 Å². The maximum Gasteiger partial charge on any atom is 0.154 e. The quantitative estimate of drug-likeness (QED) is 0.147. The molecule has 6 aromatic carbocycles. The van der Waals surface area contributed by atoms with Crippen LogP contribution >= 0.6 is 0 Å². The van der Waals surface area contributed by atoms with Gasteiger partial charge in [-0.15, -0.1) is 0 Å². The molecule has 166 valence electrons. The molecular formula is C33H24N2. The Morgan fingerprint density at radius 2 is 1.03 bits per heavy atom. The molecule has 6 aromatic rings. The maximum absolute atomic E-state index is 4.68. The Kier molecular flexibility index (Phi) is 5.40. The summed E-state index contributed by atoms with van der Waals surface area (Å²) in [6.07, 6.45) is 0. The summed E-state index contributed by atoms with van der Waals surface area (Å²) in [5.74, 6) is 0.663. The first-order chi connectivity index (χ1) is 17.3. The number of aliphatic imine (C=N–C) groups is 2. The molecule has 0 spiro atoms. The molecule has 0 aliphatic carbocycles. The molecule has 2 heteroatoms. The van der Waals surface area contributed by atoms with Gasteiger partial charge in [0.15, 0.2) is 5.84 Å². The van der Waals surface area contributed by atoms with Crippen molar-refractivity contribution in [2.24, 2.45) is 9.98 Å². The third kappa shape index (κ3) is 3.89. The standard InChI is InChI=1S/C33H24N2/c1-34-33(35-22-23-9-3-2-4-10-23)25-17-15-24(16-18-25)26-19-20-31-29-13-6-5-11-27(29)28-12-7-8-14-30(28)32(31)21-26/h2-21H,1,22H2. The highest BCUT2D eigenvalue weighted by Gasteiger charge is 2.10. The SMILES string of the molecule is C=NC(=NCc1ccccc1)c1ccc(-c2ccc3c4ccccc4c4ccccc4c3c2)cc1. The summed E-state index contributed by atoms with van der Waals surface area (Å²) in [5, 5.41) is 7.72. The van der Waals surface area contributed by atoms with E-state index in [1.807, 2.05) is 18.2 Å². The van der Waals surface area contributed by atoms with Gasteiger partial charge in [0.1, 0.15) is 0 Å². The van der Waals surface area contributed by atoms with Crippen molar-refractivity contribution in [3.63, 3.8) is 0 Å². The first kappa shape index (κ1) is 21.0. The molecule has 0 atom stereocenters. The fourth-order valence-corrected chi connectivity index (χ4v) is 4.88. The fourth-order valence-electron chi connectivity index (χ4n) is 4.88. The largest absolute Gasteiger partial charge is 0.261 e. The third-order valence-corrected chi connectivity index (χ3v) is 6.62. The number of rotatable bonds is 4. The lowest BCUT2D eigenvalue weighted by Crippen LogP contribution is -1.98. The summed E-state index contributed by atoms with van der Waals surface area (Å²) < 4.78 is 0. The number of benzene rings is 6. The second kappa shape index (κ2) is 9.00. The molecule has 0 aromatic heterocycles. The van der Waals surface area contributed by atoms with Crippen molar-refractivity contribution in [2.75, 3.05) is 0 Å². The smallest absolute Gasteiger partial charge is 0.154 e. The topological polar surface area (TPSA) is 24.7 Å². The molecule has 0 unspecified atom stereocenters. The van der Waals surface area contributed by atoms with E-state index in [2.05, 4.69) is 120 Å². The second-order valence-electron chi connectivity index (χ2n) is 8.71. The van der Waals surface area contributed by atoms with E-state index in [0.717, 1.165) is 11.1 Å². The molecule has 0 heterocycles. The lowest BCUT2D eigenvalue weighted by atomic mass is 9.92. The van der Waals surface area contributed by atoms with Gasteiger partial charge in [0.05, 0.1) is 6.54 Å². The van der Waals surface area contributed by atoms with E-state index in [0.29, 0.717) is 12.4 Å². The summed E-state index contributed by atoms with van der Waals surface area (Å²) in [4.78, 5) is 8.86. The van der Waals surface area contributed by atoms with Crippen LogP contribution in [0.3, 0.4) is 0 Å². The molecule has 0 amide bonds. The van der Waals surface area contributed by atoms with Gasteiger partial charge in [-0.1, -0.05) is 115 Å². The van der Waals surface area contributed by atoms with E-state index in [9.17, 15) is 0 Å². The number of nitrogens with zero attached hydrogens (tertiary/aromatic N) is 2. The van der Waals surface area contributed by atoms with Gasteiger partial charge in [0, 0.05) is 5.56 Å². The molecule has 0 radical (unpaired) electrons. The normalized spacial score (nSPS) is 11.8. The zero-order valence-electron chi connectivity index (χ0n) is 19.4. The number of fused-ring (bicyclic) bond motifs is 6. The maximum atomic E-state index is 4.68. The van der Waals surface area contributed by atoms with Crippen molar-refractivity contribution in [1.82, 2.24) is 0 Å². The molecule has 0 aliphatic rings. The number of hydrogen-bond acceptors (Lipinski definition) is 1. The van der Waals surface area contributed by atoms with Gasteiger partial charge in [-0.3, -0.25) is 4.99 Å². The van der Waals surface area contributed by atoms with Crippen LogP contribution in [0.5, 0.6) is 0 Å². The van der Waals surface area contributed by atoms with Gasteiger partial charge >= 0.3 is 0 Å². The van der Waals surface area contributed by atoms with Crippen LogP contribution in [-0.2, 0) is 6.54 Å². The van der Waals surface area contributed by atoms with Gasteiger partial charge in [-0.25, -0.2) is 4.99 Å². The van der Waals surface area contributed by atoms with Crippen LogP contribution < -0.4 is 0 Å². The van der Waals surface area contributed by atoms with E-state index in [1.165, 1.54) is 43.4 Å². The third-order valence-electron chi connectivity index (χ3n) is 6.62. The monoisotopic (exact) mass is 448 g/mol. The Morgan fingerprint density at radius 1 is 0.514 bits per heavy atom. The molecule has 0 N–H and O–H groups in total. The zero-order chi connectivity index (χ0) is 23.6. The van der Waals surface area contributed by atoms with E-state index >= 15 is 0 Å². The van der Waals surface area contributed by atoms with Crippen LogP contribution in [0, 0.1) is 0 Å². The Hall–Kier alpha value is -4.56. The molecule has 0 saturated heterocycles. The second-order valence-corrected chi connectivity index (χ2v) is 8.71. The summed E-state index contributed by atoms with van der Waals surface area (Å²) in [6.45, 7) is 4.32. The van der Waals surface area contributed by atoms with Crippen LogP contribution in [0.15, 0.2) is 131 Å². The highest BCUT2D eigenvalue weighted by atomic mass is 14.9. The van der Waals surface area contributed by atoms with Crippen LogP contribution in [0.4, 0.5) is 0 Å². The zero-order valence-corrected chi connectivity index (χ0v) is 19.4. The van der Waals surface area contributed by atoms with Crippen LogP contribution in [0.25, 0.3) is 43.4 Å². The van der Waals surface area contributed by atoms with E-state index < -0.39 is 0 Å². The number of hydrogen-bond donors (Lipinski definition) is 0. The minimum atomic E-state index is 0.586. The van der Waals surface area contributed by atoms with E-state index in [4.69, 9.17) is 0 Å². The van der Waals surface area contributed by atoms with Crippen molar-refractivity contribution >= 4 is 44.9 Å². The molecule has 2 nitrogen and oxygen atoms in total. The summed E-state index contributed by atoms with van der Waals surface area (Å²) in [5.41, 5.74) is 4.48. The van der Waals surface area contributed by atoms with Crippen molar-refractivity contribution in [1.29, 1.82) is 0 Å². The molecule has 0 saturated carbocycles. The average Bonchev–Trinajstić information content (AvgIpc) is 2.94. The highest BCUT2D eigenvalue weighted by molar-refractivity contribution is 6.25. The van der Waals surface area contributed by atoms with Crippen LogP contribution in [-0.4, -0.2) is 12.6 Å². The van der Waals surface area contributed by atoms with Gasteiger partial charge in [-0.2, -0.15) is 0 Å². The Bertz CT molecular complexity index is 1680.